The van der Waals surface area contributed by atoms with Gasteiger partial charge in [-0.3, -0.25) is 14.4 Å². The van der Waals surface area contributed by atoms with E-state index in [9.17, 15) is 14.4 Å². The summed E-state index contributed by atoms with van der Waals surface area (Å²) in [6.45, 7) is 6.69. The number of hydrogen-bond donors (Lipinski definition) is 0. The fraction of sp³-hybridized carbons (Fsp3) is 0.892. The minimum absolute atomic E-state index is 0.0679. The summed E-state index contributed by atoms with van der Waals surface area (Å²) in [5.41, 5.74) is 0. The van der Waals surface area contributed by atoms with Gasteiger partial charge < -0.3 is 14.2 Å². The molecule has 0 aromatic carbocycles. The predicted molar refractivity (Wildman–Crippen MR) is 307 cm³/mol. The highest BCUT2D eigenvalue weighted by molar-refractivity contribution is 5.71. The molecule has 6 nitrogen and oxygen atoms in total. The highest BCUT2D eigenvalue weighted by atomic mass is 16.6. The fourth-order valence-electron chi connectivity index (χ4n) is 9.61. The van der Waals surface area contributed by atoms with E-state index in [1.54, 1.807) is 0 Å². The Balaban J connectivity index is 4.25. The largest absolute Gasteiger partial charge is 0.462 e. The molecule has 0 fully saturated rings. The lowest BCUT2D eigenvalue weighted by molar-refractivity contribution is -0.167. The minimum Gasteiger partial charge on any atom is -0.462 e. The molecule has 0 amide bonds. The second-order valence-electron chi connectivity index (χ2n) is 21.7. The number of hydrogen-bond acceptors (Lipinski definition) is 6. The van der Waals surface area contributed by atoms with E-state index in [1.165, 1.54) is 257 Å². The highest BCUT2D eigenvalue weighted by Crippen LogP contribution is 2.17. The first-order chi connectivity index (χ1) is 35.0. The number of esters is 3. The van der Waals surface area contributed by atoms with Crippen LogP contribution in [0.2, 0.25) is 0 Å². The van der Waals surface area contributed by atoms with Crippen LogP contribution >= 0.6 is 0 Å². The number of rotatable bonds is 59. The van der Waals surface area contributed by atoms with Crippen molar-refractivity contribution < 1.29 is 28.6 Å². The van der Waals surface area contributed by atoms with E-state index in [4.69, 9.17) is 14.2 Å². The lowest BCUT2D eigenvalue weighted by Crippen LogP contribution is -2.30. The van der Waals surface area contributed by atoms with Gasteiger partial charge in [0.2, 0.25) is 0 Å². The number of allylic oxidation sites excluding steroid dienone is 4. The predicted octanol–water partition coefficient (Wildman–Crippen LogP) is 21.4. The van der Waals surface area contributed by atoms with Crippen LogP contribution in [-0.2, 0) is 28.6 Å². The number of unbranched alkanes of at least 4 members (excludes halogenated alkanes) is 44. The number of carbonyl (C=O) groups is 3. The van der Waals surface area contributed by atoms with E-state index in [2.05, 4.69) is 45.1 Å². The van der Waals surface area contributed by atoms with Gasteiger partial charge in [0.1, 0.15) is 13.2 Å². The van der Waals surface area contributed by atoms with Crippen LogP contribution in [0.15, 0.2) is 24.3 Å². The van der Waals surface area contributed by atoms with Crippen LogP contribution in [-0.4, -0.2) is 37.2 Å². The molecule has 6 heteroatoms. The average molecular weight is 1000 g/mol. The van der Waals surface area contributed by atoms with Gasteiger partial charge in [-0.25, -0.2) is 0 Å². The first-order valence-electron chi connectivity index (χ1n) is 31.8. The Labute approximate surface area is 443 Å². The first-order valence-corrected chi connectivity index (χ1v) is 31.8. The van der Waals surface area contributed by atoms with Crippen molar-refractivity contribution in [2.45, 2.75) is 361 Å². The average Bonchev–Trinajstić information content (AvgIpc) is 3.37. The van der Waals surface area contributed by atoms with Crippen LogP contribution in [0.3, 0.4) is 0 Å². The second-order valence-corrected chi connectivity index (χ2v) is 21.7. The summed E-state index contributed by atoms with van der Waals surface area (Å²) in [5, 5.41) is 0. The van der Waals surface area contributed by atoms with Crippen LogP contribution < -0.4 is 0 Å². The molecular weight excluding hydrogens is 877 g/mol. The maximum absolute atomic E-state index is 12.9. The summed E-state index contributed by atoms with van der Waals surface area (Å²) in [4.78, 5) is 38.2. The third kappa shape index (κ3) is 58.7. The van der Waals surface area contributed by atoms with Gasteiger partial charge in [0, 0.05) is 19.3 Å². The molecule has 71 heavy (non-hydrogen) atoms. The normalized spacial score (nSPS) is 12.1. The Hall–Kier alpha value is -2.11. The summed E-state index contributed by atoms with van der Waals surface area (Å²) >= 11 is 0. The number of ether oxygens (including phenoxy) is 3. The third-order valence-electron chi connectivity index (χ3n) is 14.4. The molecule has 1 unspecified atom stereocenters. The lowest BCUT2D eigenvalue weighted by atomic mass is 10.1. The molecule has 418 valence electrons. The van der Waals surface area contributed by atoms with Crippen molar-refractivity contribution in [3.8, 4) is 0 Å². The van der Waals surface area contributed by atoms with Crippen LogP contribution in [0.4, 0.5) is 0 Å². The van der Waals surface area contributed by atoms with Crippen LogP contribution in [0.5, 0.6) is 0 Å². The van der Waals surface area contributed by atoms with Gasteiger partial charge in [-0.1, -0.05) is 289 Å². The molecule has 0 spiro atoms. The zero-order chi connectivity index (χ0) is 51.4. The summed E-state index contributed by atoms with van der Waals surface area (Å²) in [5.74, 6) is -0.849. The lowest BCUT2D eigenvalue weighted by Gasteiger charge is -2.18. The van der Waals surface area contributed by atoms with E-state index in [0.717, 1.165) is 57.8 Å². The molecule has 0 aromatic rings. The van der Waals surface area contributed by atoms with E-state index in [-0.39, 0.29) is 31.1 Å². The Bertz CT molecular complexity index is 1150. The topological polar surface area (TPSA) is 78.9 Å². The molecule has 0 aliphatic rings. The van der Waals surface area contributed by atoms with E-state index < -0.39 is 6.10 Å². The molecule has 0 aromatic heterocycles. The molecule has 0 radical (unpaired) electrons. The molecule has 0 rings (SSSR count). The Morgan fingerprint density at radius 3 is 0.704 bits per heavy atom. The van der Waals surface area contributed by atoms with E-state index in [1.807, 2.05) is 0 Å². The molecule has 1 atom stereocenters. The second kappa shape index (κ2) is 60.4. The van der Waals surface area contributed by atoms with Crippen LogP contribution in [0.1, 0.15) is 355 Å². The van der Waals surface area contributed by atoms with Crippen molar-refractivity contribution in [2.24, 2.45) is 0 Å². The Kier molecular flexibility index (Phi) is 58.6. The van der Waals surface area contributed by atoms with Crippen molar-refractivity contribution in [1.29, 1.82) is 0 Å². The number of carbonyl (C=O) groups excluding carboxylic acids is 3. The van der Waals surface area contributed by atoms with Gasteiger partial charge in [0.15, 0.2) is 6.10 Å². The van der Waals surface area contributed by atoms with E-state index >= 15 is 0 Å². The summed E-state index contributed by atoms with van der Waals surface area (Å²) in [6, 6.07) is 0. The van der Waals surface area contributed by atoms with Gasteiger partial charge in [0.05, 0.1) is 0 Å². The van der Waals surface area contributed by atoms with Gasteiger partial charge >= 0.3 is 17.9 Å². The molecule has 0 N–H and O–H groups in total. The Morgan fingerprint density at radius 1 is 0.268 bits per heavy atom. The van der Waals surface area contributed by atoms with Crippen molar-refractivity contribution in [2.75, 3.05) is 13.2 Å². The SMILES string of the molecule is CCCCCCCCCC/C=C\CCCCCCCCCCCC(=O)OCC(COC(=O)CCCCCCCCCCCCC)OC(=O)CCCCCCCCCCC/C=C\CCCCCCCCCC. The van der Waals surface area contributed by atoms with E-state index in [0.29, 0.717) is 19.3 Å². The zero-order valence-electron chi connectivity index (χ0n) is 48.0. The Morgan fingerprint density at radius 2 is 0.465 bits per heavy atom. The summed E-state index contributed by atoms with van der Waals surface area (Å²) in [7, 11) is 0. The quantitative estimate of drug-likeness (QED) is 0.0261. The third-order valence-corrected chi connectivity index (χ3v) is 14.4. The van der Waals surface area contributed by atoms with Crippen molar-refractivity contribution in [1.82, 2.24) is 0 Å². The first kappa shape index (κ1) is 68.9. The van der Waals surface area contributed by atoms with Gasteiger partial charge in [-0.05, 0) is 70.6 Å². The molecule has 0 aliphatic carbocycles. The summed E-state index contributed by atoms with van der Waals surface area (Å²) in [6.07, 6.45) is 71.9. The molecule has 0 heterocycles. The maximum atomic E-state index is 12.9. The highest BCUT2D eigenvalue weighted by Gasteiger charge is 2.19. The van der Waals surface area contributed by atoms with Gasteiger partial charge in [0.25, 0.3) is 0 Å². The monoisotopic (exact) mass is 999 g/mol. The summed E-state index contributed by atoms with van der Waals surface area (Å²) < 4.78 is 16.9. The van der Waals surface area contributed by atoms with Crippen molar-refractivity contribution in [3.05, 3.63) is 24.3 Å². The molecule has 0 saturated carbocycles. The fourth-order valence-corrected chi connectivity index (χ4v) is 9.61. The molecular formula is C65H122O6. The molecule has 0 bridgehead atoms. The van der Waals surface area contributed by atoms with Crippen LogP contribution in [0, 0.1) is 0 Å². The molecule has 0 aliphatic heterocycles. The zero-order valence-corrected chi connectivity index (χ0v) is 48.0. The maximum Gasteiger partial charge on any atom is 0.306 e. The standard InChI is InChI=1S/C65H122O6/c1-4-7-10-13-16-19-22-24-26-28-30-32-34-36-38-40-43-46-49-52-55-58-64(67)70-61-62(60-69-63(66)57-54-51-48-45-42-21-18-15-12-9-6-3)71-65(68)59-56-53-50-47-44-41-39-37-35-33-31-29-27-25-23-20-17-14-11-8-5-2/h28-31,62H,4-27,32-61H2,1-3H3/b30-28-,31-29-. The molecule has 0 saturated heterocycles. The smallest absolute Gasteiger partial charge is 0.306 e. The van der Waals surface area contributed by atoms with Gasteiger partial charge in [-0.15, -0.1) is 0 Å². The van der Waals surface area contributed by atoms with Crippen LogP contribution in [0.25, 0.3) is 0 Å². The van der Waals surface area contributed by atoms with Crippen molar-refractivity contribution >= 4 is 17.9 Å². The van der Waals surface area contributed by atoms with Crippen molar-refractivity contribution in [3.63, 3.8) is 0 Å². The minimum atomic E-state index is -0.770. The van der Waals surface area contributed by atoms with Gasteiger partial charge in [-0.2, -0.15) is 0 Å².